The van der Waals surface area contributed by atoms with Gasteiger partial charge < -0.3 is 29.6 Å². The van der Waals surface area contributed by atoms with Gasteiger partial charge in [0, 0.05) is 47.2 Å². The van der Waals surface area contributed by atoms with Gasteiger partial charge in [0.15, 0.2) is 17.7 Å². The van der Waals surface area contributed by atoms with E-state index in [4.69, 9.17) is 0 Å². The number of aromatic nitrogens is 1. The number of guanidine groups is 1. The number of aliphatic hydroxyl groups excluding tert-OH is 1. The Balaban J connectivity index is 2.30. The molecule has 11 heteroatoms. The molecular weight excluding hydrogens is 368 g/mol. The first-order valence-corrected chi connectivity index (χ1v) is 8.69. The first-order chi connectivity index (χ1) is 13.3. The molecule has 11 nitrogen and oxygen atoms in total. The van der Waals surface area contributed by atoms with Gasteiger partial charge in [-0.15, -0.1) is 0 Å². The summed E-state index contributed by atoms with van der Waals surface area (Å²) in [5, 5.41) is 15.9. The largest absolute Gasteiger partial charge is 0.503 e. The molecule has 0 atom stereocenters. The van der Waals surface area contributed by atoms with E-state index in [-0.39, 0.29) is 17.9 Å². The van der Waals surface area contributed by atoms with Crippen molar-refractivity contribution in [2.75, 3.05) is 45.6 Å². The van der Waals surface area contributed by atoms with E-state index < -0.39 is 17.4 Å². The molecule has 0 saturated carbocycles. The number of aldehydes is 1. The van der Waals surface area contributed by atoms with Crippen LogP contribution in [0.25, 0.3) is 0 Å². The minimum Gasteiger partial charge on any atom is -0.503 e. The topological polar surface area (TPSA) is 132 Å². The van der Waals surface area contributed by atoms with Gasteiger partial charge in [-0.2, -0.15) is 0 Å². The second kappa shape index (κ2) is 9.53. The molecule has 152 valence electrons. The number of nitrogens with zero attached hydrogens (tertiary/aromatic N) is 5. The number of anilines is 1. The predicted molar refractivity (Wildman–Crippen MR) is 100 cm³/mol. The van der Waals surface area contributed by atoms with Crippen LogP contribution in [0.2, 0.25) is 0 Å². The monoisotopic (exact) mass is 392 g/mol. The number of nitrogens with one attached hydrogen (secondary N) is 1. The summed E-state index contributed by atoms with van der Waals surface area (Å²) in [6, 6.07) is 0. The van der Waals surface area contributed by atoms with Crippen LogP contribution in [0.1, 0.15) is 13.3 Å². The summed E-state index contributed by atoms with van der Waals surface area (Å²) in [5.74, 6) is -1.20. The SMILES string of the molecule is CC(=O)N1CCCN(C(=N/C(C(=O)Nc2cnoc2)=C(/O)C=O)N(C)C)CC1. The second-order valence-corrected chi connectivity index (χ2v) is 6.37. The smallest absolute Gasteiger partial charge is 0.278 e. The standard InChI is InChI=1S/C17H24N6O5/c1-12(25)22-5-4-6-23(8-7-22)17(21(2)3)20-15(14(26)10-24)16(27)19-13-9-18-28-11-13/h9-11,26H,4-8H2,1-3H3,(H,19,27)/b15-14+,20-17?. The Morgan fingerprint density at radius 1 is 1.29 bits per heavy atom. The zero-order chi connectivity index (χ0) is 20.7. The molecule has 0 unspecified atom stereocenters. The van der Waals surface area contributed by atoms with Crippen LogP contribution in [0.5, 0.6) is 0 Å². The van der Waals surface area contributed by atoms with Crippen LogP contribution in [0.15, 0.2) is 33.4 Å². The lowest BCUT2D eigenvalue weighted by Crippen LogP contribution is -2.43. The van der Waals surface area contributed by atoms with E-state index in [9.17, 15) is 19.5 Å². The van der Waals surface area contributed by atoms with E-state index in [1.807, 2.05) is 4.90 Å². The van der Waals surface area contributed by atoms with E-state index in [0.29, 0.717) is 32.1 Å². The highest BCUT2D eigenvalue weighted by molar-refractivity contribution is 6.07. The number of amides is 2. The third-order valence-electron chi connectivity index (χ3n) is 4.10. The lowest BCUT2D eigenvalue weighted by Gasteiger charge is -2.29. The summed E-state index contributed by atoms with van der Waals surface area (Å²) >= 11 is 0. The number of hydrogen-bond donors (Lipinski definition) is 2. The van der Waals surface area contributed by atoms with Crippen molar-refractivity contribution < 1.29 is 24.0 Å². The Hall–Kier alpha value is -3.37. The van der Waals surface area contributed by atoms with Crippen LogP contribution in [0.3, 0.4) is 0 Å². The summed E-state index contributed by atoms with van der Waals surface area (Å²) in [6.07, 6.45) is 3.35. The Bertz CT molecular complexity index is 771. The van der Waals surface area contributed by atoms with Gasteiger partial charge >= 0.3 is 0 Å². The molecule has 2 heterocycles. The Morgan fingerprint density at radius 2 is 1.96 bits per heavy atom. The summed E-state index contributed by atoms with van der Waals surface area (Å²) in [6.45, 7) is 3.76. The molecule has 1 aromatic heterocycles. The van der Waals surface area contributed by atoms with Crippen molar-refractivity contribution in [2.24, 2.45) is 4.99 Å². The summed E-state index contributed by atoms with van der Waals surface area (Å²) < 4.78 is 4.64. The molecule has 0 aromatic carbocycles. The molecule has 1 aromatic rings. The molecule has 0 spiro atoms. The van der Waals surface area contributed by atoms with E-state index in [1.54, 1.807) is 23.9 Å². The third kappa shape index (κ3) is 5.32. The molecule has 2 N–H and O–H groups in total. The number of aliphatic hydroxyl groups is 1. The van der Waals surface area contributed by atoms with Crippen LogP contribution < -0.4 is 5.32 Å². The normalized spacial score (nSPS) is 16.2. The quantitative estimate of drug-likeness (QED) is 0.242. The molecule has 0 aliphatic carbocycles. The maximum absolute atomic E-state index is 12.5. The molecule has 0 bridgehead atoms. The van der Waals surface area contributed by atoms with Gasteiger partial charge in [0.1, 0.15) is 12.0 Å². The van der Waals surface area contributed by atoms with Crippen molar-refractivity contribution >= 4 is 29.7 Å². The first-order valence-electron chi connectivity index (χ1n) is 8.69. The first kappa shape index (κ1) is 20.9. The van der Waals surface area contributed by atoms with Crippen molar-refractivity contribution in [3.63, 3.8) is 0 Å². The Morgan fingerprint density at radius 3 is 2.54 bits per heavy atom. The van der Waals surface area contributed by atoms with Gasteiger partial charge in [-0.1, -0.05) is 5.16 Å². The fourth-order valence-electron chi connectivity index (χ4n) is 2.72. The Labute approximate surface area is 162 Å². The average Bonchev–Trinajstić information content (AvgIpc) is 3.03. The summed E-state index contributed by atoms with van der Waals surface area (Å²) in [7, 11) is 3.47. The van der Waals surface area contributed by atoms with Crippen molar-refractivity contribution in [3.8, 4) is 0 Å². The van der Waals surface area contributed by atoms with Crippen LogP contribution in [-0.2, 0) is 14.4 Å². The molecule has 28 heavy (non-hydrogen) atoms. The number of hydrogen-bond acceptors (Lipinski definition) is 7. The molecule has 1 fully saturated rings. The van der Waals surface area contributed by atoms with Gasteiger partial charge in [0.2, 0.25) is 11.9 Å². The van der Waals surface area contributed by atoms with Crippen molar-refractivity contribution in [3.05, 3.63) is 23.9 Å². The van der Waals surface area contributed by atoms with Gasteiger partial charge in [0.25, 0.3) is 5.91 Å². The number of rotatable bonds is 4. The Kier molecular flexibility index (Phi) is 7.13. The summed E-state index contributed by atoms with van der Waals surface area (Å²) in [5.41, 5.74) is -0.178. The second-order valence-electron chi connectivity index (χ2n) is 6.37. The molecule has 2 amide bonds. The number of carbonyl (C=O) groups excluding carboxylic acids is 3. The molecule has 1 saturated heterocycles. The molecule has 2 rings (SSSR count). The van der Waals surface area contributed by atoms with E-state index in [1.165, 1.54) is 19.4 Å². The van der Waals surface area contributed by atoms with Crippen LogP contribution in [-0.4, -0.2) is 89.3 Å². The lowest BCUT2D eigenvalue weighted by atomic mass is 10.3. The average molecular weight is 392 g/mol. The van der Waals surface area contributed by atoms with Gasteiger partial charge in [-0.3, -0.25) is 14.4 Å². The number of carbonyl (C=O) groups is 3. The maximum atomic E-state index is 12.5. The minimum absolute atomic E-state index is 0.00234. The minimum atomic E-state index is -0.798. The van der Waals surface area contributed by atoms with Gasteiger partial charge in [-0.05, 0) is 6.42 Å². The van der Waals surface area contributed by atoms with Gasteiger partial charge in [-0.25, -0.2) is 4.99 Å². The van der Waals surface area contributed by atoms with Gasteiger partial charge in [0.05, 0.1) is 6.20 Å². The van der Waals surface area contributed by atoms with E-state index in [2.05, 4.69) is 20.0 Å². The molecule has 0 radical (unpaired) electrons. The number of aliphatic imine (C=N–C) groups is 1. The maximum Gasteiger partial charge on any atom is 0.278 e. The van der Waals surface area contributed by atoms with E-state index >= 15 is 0 Å². The summed E-state index contributed by atoms with van der Waals surface area (Å²) in [4.78, 5) is 44.8. The fourth-order valence-corrected chi connectivity index (χ4v) is 2.72. The zero-order valence-electron chi connectivity index (χ0n) is 16.1. The van der Waals surface area contributed by atoms with Crippen molar-refractivity contribution in [1.29, 1.82) is 0 Å². The highest BCUT2D eigenvalue weighted by Gasteiger charge is 2.23. The third-order valence-corrected chi connectivity index (χ3v) is 4.10. The zero-order valence-corrected chi connectivity index (χ0v) is 16.1. The van der Waals surface area contributed by atoms with Crippen molar-refractivity contribution in [1.82, 2.24) is 19.9 Å². The molecule has 1 aliphatic rings. The van der Waals surface area contributed by atoms with E-state index in [0.717, 1.165) is 6.42 Å². The lowest BCUT2D eigenvalue weighted by molar-refractivity contribution is -0.128. The molecule has 1 aliphatic heterocycles. The van der Waals surface area contributed by atoms with Crippen molar-refractivity contribution in [2.45, 2.75) is 13.3 Å². The highest BCUT2D eigenvalue weighted by Crippen LogP contribution is 2.13. The number of allylic oxidation sites excluding steroid dienone is 1. The van der Waals surface area contributed by atoms with Crippen LogP contribution in [0.4, 0.5) is 5.69 Å². The molecular formula is C17H24N6O5. The fraction of sp³-hybridized carbons (Fsp3) is 0.471. The van der Waals surface area contributed by atoms with Crippen LogP contribution in [0, 0.1) is 0 Å². The van der Waals surface area contributed by atoms with Crippen LogP contribution >= 0.6 is 0 Å². The predicted octanol–water partition coefficient (Wildman–Crippen LogP) is 0.0534. The highest BCUT2D eigenvalue weighted by atomic mass is 16.5.